The molecule has 2 unspecified atom stereocenters. The molecule has 0 spiro atoms. The van der Waals surface area contributed by atoms with E-state index in [4.69, 9.17) is 0 Å². The van der Waals surface area contributed by atoms with E-state index in [9.17, 15) is 5.11 Å². The molecular weight excluding hydrogens is 353 g/mol. The Hall–Kier alpha value is -0.850. The third kappa shape index (κ3) is 2.57. The van der Waals surface area contributed by atoms with Gasteiger partial charge in [0.15, 0.2) is 0 Å². The number of aliphatic hydroxyl groups excluding tert-OH is 1. The van der Waals surface area contributed by atoms with Crippen LogP contribution in [-0.2, 0) is 0 Å². The Morgan fingerprint density at radius 1 is 1.32 bits per heavy atom. The van der Waals surface area contributed by atoms with Crippen molar-refractivity contribution in [1.29, 1.82) is 0 Å². The Bertz CT molecular complexity index is 487. The number of fused-ring (bicyclic) bond motifs is 1. The van der Waals surface area contributed by atoms with Gasteiger partial charge in [-0.3, -0.25) is 0 Å². The van der Waals surface area contributed by atoms with Gasteiger partial charge in [0.1, 0.15) is 11.6 Å². The lowest BCUT2D eigenvalue weighted by Gasteiger charge is -2.37. The van der Waals surface area contributed by atoms with Crippen LogP contribution in [-0.4, -0.2) is 35.1 Å². The molecule has 19 heavy (non-hydrogen) atoms. The molecule has 1 saturated heterocycles. The Balaban J connectivity index is 1.83. The number of hydrogen-bond donors (Lipinski definition) is 1. The summed E-state index contributed by atoms with van der Waals surface area (Å²) in [7, 11) is 0. The van der Waals surface area contributed by atoms with Crippen molar-refractivity contribution in [2.24, 2.45) is 28.0 Å². The number of hydrogen-bond acceptors (Lipinski definition) is 4. The number of likely N-dealkylation sites (tertiary alicyclic amines) is 1. The molecule has 0 radical (unpaired) electrons. The second kappa shape index (κ2) is 5.26. The van der Waals surface area contributed by atoms with Crippen LogP contribution in [0.2, 0.25) is 0 Å². The molecule has 0 amide bonds. The van der Waals surface area contributed by atoms with Crippen LogP contribution in [0.5, 0.6) is 0 Å². The van der Waals surface area contributed by atoms with Gasteiger partial charge in [0.2, 0.25) is 0 Å². The third-order valence-corrected chi connectivity index (χ3v) is 5.05. The predicted octanol–water partition coefficient (Wildman–Crippen LogP) is 3.12. The summed E-state index contributed by atoms with van der Waals surface area (Å²) in [6.07, 6.45) is 8.30. The maximum atomic E-state index is 9.94. The van der Waals surface area contributed by atoms with Crippen molar-refractivity contribution < 1.29 is 5.11 Å². The van der Waals surface area contributed by atoms with Crippen molar-refractivity contribution in [2.75, 3.05) is 13.1 Å². The zero-order valence-electron chi connectivity index (χ0n) is 11.0. The molecule has 3 aliphatic rings. The van der Waals surface area contributed by atoms with E-state index >= 15 is 0 Å². The van der Waals surface area contributed by atoms with Gasteiger partial charge < -0.3 is 10.0 Å². The van der Waals surface area contributed by atoms with E-state index in [2.05, 4.69) is 50.7 Å². The lowest BCUT2D eigenvalue weighted by molar-refractivity contribution is 0.269. The van der Waals surface area contributed by atoms with Crippen molar-refractivity contribution in [3.05, 3.63) is 21.5 Å². The van der Waals surface area contributed by atoms with Crippen LogP contribution in [0.3, 0.4) is 0 Å². The first-order chi connectivity index (χ1) is 9.15. The molecule has 0 bridgehead atoms. The van der Waals surface area contributed by atoms with Gasteiger partial charge in [-0.25, -0.2) is 0 Å². The number of allylic oxidation sites excluding steroid dienone is 2. The lowest BCUT2D eigenvalue weighted by atomic mass is 9.85. The minimum atomic E-state index is 0.143. The van der Waals surface area contributed by atoms with Crippen molar-refractivity contribution in [3.63, 3.8) is 0 Å². The van der Waals surface area contributed by atoms with E-state index < -0.39 is 0 Å². The molecule has 1 N–H and O–H groups in total. The molecule has 102 valence electrons. The van der Waals surface area contributed by atoms with E-state index in [1.807, 2.05) is 12.3 Å². The highest BCUT2D eigenvalue weighted by Gasteiger charge is 2.33. The molecule has 2 aliphatic heterocycles. The molecule has 2 heterocycles. The number of halogens is 1. The second-order valence-electron chi connectivity index (χ2n) is 5.56. The van der Waals surface area contributed by atoms with E-state index in [-0.39, 0.29) is 11.8 Å². The highest BCUT2D eigenvalue weighted by atomic mass is 127. The van der Waals surface area contributed by atoms with Crippen LogP contribution in [0.15, 0.2) is 31.7 Å². The van der Waals surface area contributed by atoms with Crippen LogP contribution < -0.4 is 0 Å². The average molecular weight is 371 g/mol. The molecule has 0 aromatic heterocycles. The second-order valence-corrected chi connectivity index (χ2v) is 6.72. The van der Waals surface area contributed by atoms with Crippen molar-refractivity contribution >= 4 is 34.6 Å². The van der Waals surface area contributed by atoms with E-state index in [1.54, 1.807) is 0 Å². The fraction of sp³-hybridized carbons (Fsp3) is 0.571. The average Bonchev–Trinajstić information content (AvgIpc) is 2.41. The normalized spacial score (nSPS) is 31.5. The van der Waals surface area contributed by atoms with Crippen LogP contribution in [0.25, 0.3) is 0 Å². The zero-order valence-corrected chi connectivity index (χ0v) is 13.1. The number of amidine groups is 1. The first kappa shape index (κ1) is 13.1. The van der Waals surface area contributed by atoms with Crippen molar-refractivity contribution in [1.82, 2.24) is 4.90 Å². The van der Waals surface area contributed by atoms with Gasteiger partial charge in [0.05, 0.1) is 9.50 Å². The Labute approximate surface area is 127 Å². The third-order valence-electron chi connectivity index (χ3n) is 4.14. The fourth-order valence-corrected chi connectivity index (χ4v) is 3.44. The topological polar surface area (TPSA) is 48.2 Å². The van der Waals surface area contributed by atoms with Gasteiger partial charge in [-0.1, -0.05) is 13.0 Å². The molecular formula is C14H18IN3O. The van der Waals surface area contributed by atoms with Gasteiger partial charge in [-0.2, -0.15) is 5.10 Å². The Kier molecular flexibility index (Phi) is 3.64. The highest BCUT2D eigenvalue weighted by molar-refractivity contribution is 14.1. The van der Waals surface area contributed by atoms with Gasteiger partial charge >= 0.3 is 0 Å². The van der Waals surface area contributed by atoms with Crippen LogP contribution in [0.4, 0.5) is 0 Å². The summed E-state index contributed by atoms with van der Waals surface area (Å²) in [6, 6.07) is 0. The maximum absolute atomic E-state index is 9.94. The quantitative estimate of drug-likeness (QED) is 0.666. The smallest absolute Gasteiger partial charge is 0.135 e. The van der Waals surface area contributed by atoms with E-state index in [0.717, 1.165) is 28.4 Å². The molecule has 4 nitrogen and oxygen atoms in total. The minimum absolute atomic E-state index is 0.143. The molecule has 1 fully saturated rings. The predicted molar refractivity (Wildman–Crippen MR) is 85.7 cm³/mol. The lowest BCUT2D eigenvalue weighted by Crippen LogP contribution is -2.44. The molecule has 3 rings (SSSR count). The van der Waals surface area contributed by atoms with Crippen LogP contribution >= 0.6 is 22.6 Å². The zero-order chi connectivity index (χ0) is 13.4. The van der Waals surface area contributed by atoms with Crippen molar-refractivity contribution in [2.45, 2.75) is 19.8 Å². The molecule has 0 saturated carbocycles. The van der Waals surface area contributed by atoms with E-state index in [1.165, 1.54) is 12.8 Å². The summed E-state index contributed by atoms with van der Waals surface area (Å²) in [6.45, 7) is 4.40. The highest BCUT2D eigenvalue weighted by Crippen LogP contribution is 2.33. The van der Waals surface area contributed by atoms with Gasteiger partial charge in [-0.15, -0.1) is 5.10 Å². The van der Waals surface area contributed by atoms with Crippen LogP contribution in [0.1, 0.15) is 19.8 Å². The SMILES string of the molecule is CC1CCN(C2=NN=CC3C=C(I)C(O)=CC23)CC1. The number of nitrogens with zero attached hydrogens (tertiary/aromatic N) is 3. The summed E-state index contributed by atoms with van der Waals surface area (Å²) in [5.41, 5.74) is 0. The van der Waals surface area contributed by atoms with Gasteiger partial charge in [0, 0.05) is 25.2 Å². The number of rotatable bonds is 0. The standard InChI is InChI=1S/C14H18IN3O/c1-9-2-4-18(5-3-9)14-11-7-13(19)12(15)6-10(11)8-16-17-14/h6-11,19H,2-5H2,1H3. The molecule has 0 aromatic rings. The first-order valence-corrected chi connectivity index (χ1v) is 7.87. The Morgan fingerprint density at radius 3 is 2.79 bits per heavy atom. The first-order valence-electron chi connectivity index (χ1n) is 6.79. The summed E-state index contributed by atoms with van der Waals surface area (Å²) in [5.74, 6) is 2.57. The van der Waals surface area contributed by atoms with Crippen molar-refractivity contribution in [3.8, 4) is 0 Å². The number of piperidine rings is 1. The Morgan fingerprint density at radius 2 is 2.05 bits per heavy atom. The fourth-order valence-electron chi connectivity index (χ4n) is 2.85. The monoisotopic (exact) mass is 371 g/mol. The maximum Gasteiger partial charge on any atom is 0.135 e. The molecule has 5 heteroatoms. The van der Waals surface area contributed by atoms with Gasteiger partial charge in [-0.05, 0) is 47.4 Å². The summed E-state index contributed by atoms with van der Waals surface area (Å²) in [5, 5.41) is 18.4. The van der Waals surface area contributed by atoms with Crippen LogP contribution in [0, 0.1) is 17.8 Å². The summed E-state index contributed by atoms with van der Waals surface area (Å²) < 4.78 is 0.902. The van der Waals surface area contributed by atoms with Gasteiger partial charge in [0.25, 0.3) is 0 Å². The summed E-state index contributed by atoms with van der Waals surface area (Å²) in [4.78, 5) is 2.34. The number of aliphatic hydroxyl groups is 1. The van der Waals surface area contributed by atoms with E-state index in [0.29, 0.717) is 5.76 Å². The molecule has 2 atom stereocenters. The largest absolute Gasteiger partial charge is 0.507 e. The molecule has 1 aliphatic carbocycles. The summed E-state index contributed by atoms with van der Waals surface area (Å²) >= 11 is 2.16. The molecule has 0 aromatic carbocycles. The minimum Gasteiger partial charge on any atom is -0.507 e.